The van der Waals surface area contributed by atoms with Crippen molar-refractivity contribution >= 4 is 64.1 Å². The summed E-state index contributed by atoms with van der Waals surface area (Å²) in [6, 6.07) is 9.90. The first kappa shape index (κ1) is 53.2. The zero-order chi connectivity index (χ0) is 53.7. The van der Waals surface area contributed by atoms with Gasteiger partial charge in [0, 0.05) is 60.7 Å². The molecule has 4 aliphatic rings. The number of esters is 1. The van der Waals surface area contributed by atoms with Crippen molar-refractivity contribution in [2.75, 3.05) is 32.7 Å². The molecular formula is C53H58FN9O12. The van der Waals surface area contributed by atoms with Gasteiger partial charge in [0.1, 0.15) is 18.5 Å². The summed E-state index contributed by atoms with van der Waals surface area (Å²) in [4.78, 5) is 134. The molecule has 4 aromatic rings. The molecule has 0 fully saturated rings. The van der Waals surface area contributed by atoms with Gasteiger partial charge in [0.05, 0.1) is 60.6 Å². The van der Waals surface area contributed by atoms with E-state index in [1.807, 2.05) is 0 Å². The van der Waals surface area contributed by atoms with Gasteiger partial charge in [0.25, 0.3) is 17.4 Å². The molecule has 4 atom stereocenters. The van der Waals surface area contributed by atoms with E-state index in [0.717, 1.165) is 10.5 Å². The van der Waals surface area contributed by atoms with Crippen LogP contribution < -0.4 is 37.5 Å². The fourth-order valence-corrected chi connectivity index (χ4v) is 9.92. The average molecular weight is 1030 g/mol. The highest BCUT2D eigenvalue weighted by molar-refractivity contribution is 6.12. The lowest BCUT2D eigenvalue weighted by Crippen LogP contribution is -2.52. The van der Waals surface area contributed by atoms with Crippen LogP contribution in [0.3, 0.4) is 0 Å². The summed E-state index contributed by atoms with van der Waals surface area (Å²) in [6.45, 7) is 3.33. The van der Waals surface area contributed by atoms with Crippen LogP contribution in [-0.2, 0) is 79.5 Å². The number of aliphatic hydroxyl groups is 1. The maximum absolute atomic E-state index is 15.4. The number of aromatic nitrogens is 2. The zero-order valence-electron chi connectivity index (χ0n) is 41.7. The minimum atomic E-state index is -2.05. The molecule has 3 aliphatic heterocycles. The lowest BCUT2D eigenvalue weighted by Gasteiger charge is -2.31. The third kappa shape index (κ3) is 11.3. The van der Waals surface area contributed by atoms with E-state index in [-0.39, 0.29) is 68.4 Å². The van der Waals surface area contributed by atoms with Crippen LogP contribution in [0.4, 0.5) is 4.39 Å². The SMILES string of the molecule is CC[C@@]1(O)C(=O)OCc2c1cc1n(c2=O)Cc2c-1nc1cc(F)c(C)c3c1c2[C@@H](NC(=O)[C@H](C)CNC(=O)CNC(=O)[C@H](Cc1ccccc1)NC(=O)CNC(=O)CNC(=O)CCCCCN1C(=O)C=CC1=O)CC3. The first-order valence-corrected chi connectivity index (χ1v) is 24.9. The number of pyridine rings is 2. The van der Waals surface area contributed by atoms with Gasteiger partial charge >= 0.3 is 5.97 Å². The van der Waals surface area contributed by atoms with E-state index in [9.17, 15) is 53.1 Å². The Labute approximate surface area is 429 Å². The Balaban J connectivity index is 0.838. The Bertz CT molecular complexity index is 3100. The number of benzene rings is 2. The molecule has 394 valence electrons. The largest absolute Gasteiger partial charge is 0.458 e. The van der Waals surface area contributed by atoms with E-state index in [2.05, 4.69) is 31.9 Å². The molecule has 0 unspecified atom stereocenters. The van der Waals surface area contributed by atoms with E-state index in [1.165, 1.54) is 22.8 Å². The normalized spacial score (nSPS) is 17.8. The van der Waals surface area contributed by atoms with Crippen molar-refractivity contribution in [1.29, 1.82) is 0 Å². The number of imide groups is 1. The van der Waals surface area contributed by atoms with Crippen molar-refractivity contribution in [3.63, 3.8) is 0 Å². The predicted molar refractivity (Wildman–Crippen MR) is 266 cm³/mol. The van der Waals surface area contributed by atoms with Crippen LogP contribution in [0.1, 0.15) is 97.4 Å². The quantitative estimate of drug-likeness (QED) is 0.0307. The number of hydrogen-bond donors (Lipinski definition) is 7. The molecule has 0 bridgehead atoms. The van der Waals surface area contributed by atoms with Crippen LogP contribution in [0.5, 0.6) is 0 Å². The number of cyclic esters (lactones) is 1. The topological polar surface area (TPSA) is 293 Å². The van der Waals surface area contributed by atoms with Crippen molar-refractivity contribution in [1.82, 2.24) is 46.4 Å². The summed E-state index contributed by atoms with van der Waals surface area (Å²) in [5.41, 5.74) is 1.92. The number of hydrogen-bond acceptors (Lipinski definition) is 13. The van der Waals surface area contributed by atoms with Crippen molar-refractivity contribution in [3.8, 4) is 11.4 Å². The lowest BCUT2D eigenvalue weighted by molar-refractivity contribution is -0.172. The molecule has 0 saturated heterocycles. The van der Waals surface area contributed by atoms with Crippen LogP contribution in [-0.4, -0.2) is 112 Å². The molecule has 2 aromatic carbocycles. The van der Waals surface area contributed by atoms with E-state index >= 15 is 4.39 Å². The van der Waals surface area contributed by atoms with Gasteiger partial charge in [-0.3, -0.25) is 48.1 Å². The first-order chi connectivity index (χ1) is 35.9. The van der Waals surface area contributed by atoms with Gasteiger partial charge in [-0.05, 0) is 67.3 Å². The molecule has 2 aromatic heterocycles. The van der Waals surface area contributed by atoms with E-state index in [1.54, 1.807) is 57.2 Å². The fourth-order valence-electron chi connectivity index (χ4n) is 9.92. The molecule has 0 radical (unpaired) electrons. The zero-order valence-corrected chi connectivity index (χ0v) is 41.7. The van der Waals surface area contributed by atoms with Gasteiger partial charge < -0.3 is 46.3 Å². The molecule has 0 spiro atoms. The number of carbonyl (C=O) groups excluding carboxylic acids is 9. The smallest absolute Gasteiger partial charge is 0.343 e. The molecular weight excluding hydrogens is 974 g/mol. The van der Waals surface area contributed by atoms with Crippen LogP contribution in [0.25, 0.3) is 22.3 Å². The minimum absolute atomic E-state index is 0.0407. The third-order valence-corrected chi connectivity index (χ3v) is 14.2. The summed E-state index contributed by atoms with van der Waals surface area (Å²) >= 11 is 0. The van der Waals surface area contributed by atoms with E-state index in [4.69, 9.17) is 9.72 Å². The highest BCUT2D eigenvalue weighted by atomic mass is 19.1. The number of aryl methyl sites for hydroxylation is 1. The van der Waals surface area contributed by atoms with E-state index < -0.39 is 96.0 Å². The summed E-state index contributed by atoms with van der Waals surface area (Å²) in [5.74, 6) is -6.36. The van der Waals surface area contributed by atoms with Crippen molar-refractivity contribution in [2.24, 2.45) is 5.92 Å². The Kier molecular flexibility index (Phi) is 16.0. The second kappa shape index (κ2) is 22.5. The summed E-state index contributed by atoms with van der Waals surface area (Å²) in [6.07, 6.45) is 4.85. The van der Waals surface area contributed by atoms with Crippen molar-refractivity contribution in [2.45, 2.75) is 103 Å². The first-order valence-electron chi connectivity index (χ1n) is 24.9. The van der Waals surface area contributed by atoms with Gasteiger partial charge in [-0.25, -0.2) is 14.2 Å². The number of fused-ring (bicyclic) bond motifs is 5. The number of unbranched alkanes of at least 4 members (excludes halogenated alkanes) is 2. The van der Waals surface area contributed by atoms with Gasteiger partial charge in [-0.1, -0.05) is 50.6 Å². The highest BCUT2D eigenvalue weighted by Gasteiger charge is 2.46. The number of rotatable bonds is 21. The monoisotopic (exact) mass is 1030 g/mol. The number of amides is 8. The third-order valence-electron chi connectivity index (χ3n) is 14.2. The molecule has 8 rings (SSSR count). The average Bonchev–Trinajstić information content (AvgIpc) is 3.96. The molecule has 22 heteroatoms. The molecule has 8 amide bonds. The predicted octanol–water partition coefficient (Wildman–Crippen LogP) is 0.944. The Hall–Kier alpha value is -8.14. The number of nitrogens with zero attached hydrogens (tertiary/aromatic N) is 3. The Morgan fingerprint density at radius 1 is 0.853 bits per heavy atom. The van der Waals surface area contributed by atoms with Crippen LogP contribution in [0, 0.1) is 18.7 Å². The molecule has 21 nitrogen and oxygen atoms in total. The second-order valence-corrected chi connectivity index (χ2v) is 19.2. The molecule has 0 saturated carbocycles. The Morgan fingerprint density at radius 3 is 2.28 bits per heavy atom. The van der Waals surface area contributed by atoms with Crippen LogP contribution in [0.2, 0.25) is 0 Å². The number of halogens is 1. The van der Waals surface area contributed by atoms with Gasteiger partial charge in [-0.15, -0.1) is 0 Å². The van der Waals surface area contributed by atoms with E-state index in [0.29, 0.717) is 76.6 Å². The Morgan fingerprint density at radius 2 is 1.55 bits per heavy atom. The maximum atomic E-state index is 15.4. The van der Waals surface area contributed by atoms with Gasteiger partial charge in [-0.2, -0.15) is 0 Å². The minimum Gasteiger partial charge on any atom is -0.458 e. The summed E-state index contributed by atoms with van der Waals surface area (Å²) in [5, 5.41) is 27.8. The molecule has 7 N–H and O–H groups in total. The molecule has 5 heterocycles. The van der Waals surface area contributed by atoms with Crippen LogP contribution in [0.15, 0.2) is 59.4 Å². The fraction of sp³-hybridized carbons (Fsp3) is 0.415. The second-order valence-electron chi connectivity index (χ2n) is 19.2. The summed E-state index contributed by atoms with van der Waals surface area (Å²) < 4.78 is 22.1. The van der Waals surface area contributed by atoms with Crippen LogP contribution >= 0.6 is 0 Å². The van der Waals surface area contributed by atoms with Crippen molar-refractivity contribution in [3.05, 3.63) is 110 Å². The summed E-state index contributed by atoms with van der Waals surface area (Å²) in [7, 11) is 0. The number of nitrogens with one attached hydrogen (secondary N) is 6. The number of ether oxygens (including phenoxy) is 1. The van der Waals surface area contributed by atoms with Crippen molar-refractivity contribution < 1.29 is 57.4 Å². The number of carbonyl (C=O) groups is 9. The lowest BCUT2D eigenvalue weighted by atomic mass is 9.81. The molecule has 1 aliphatic carbocycles. The maximum Gasteiger partial charge on any atom is 0.343 e. The van der Waals surface area contributed by atoms with Gasteiger partial charge in [0.15, 0.2) is 5.60 Å². The standard InChI is InChI=1S/C53H58FN9O12/c1-4-53(74)34-20-39-48-32(26-63(39)51(72)33(34)27-75-52(53)73)47-36(15-14-31-29(3)35(54)21-37(60-48)46(31)47)61-49(70)28(2)22-55-42(66)24-58-50(71)38(19-30-11-7-5-8-12-30)59-43(67)25-57-41(65)23-56-40(64)13-9-6-10-18-62-44(68)16-17-45(62)69/h5,7-8,11-12,16-17,20-21,28,36,38,74H,4,6,9-10,13-15,18-19,22-27H2,1-3H3,(H,55,66)(H,56,64)(H,57,65)(H,58,71)(H,59,67)(H,61,70)/t28-,36+,38+,53+/m1/s1. The molecule has 75 heavy (non-hydrogen) atoms. The highest BCUT2D eigenvalue weighted by Crippen LogP contribution is 2.46. The van der Waals surface area contributed by atoms with Gasteiger partial charge in [0.2, 0.25) is 35.4 Å².